The van der Waals surface area contributed by atoms with Crippen LogP contribution in [0.15, 0.2) is 10.2 Å². The van der Waals surface area contributed by atoms with Gasteiger partial charge in [-0.2, -0.15) is 10.2 Å². The molecule has 6 heteroatoms. The Balaban J connectivity index is 1.46. The number of rotatable bonds is 9. The fourth-order valence-electron chi connectivity index (χ4n) is 3.68. The zero-order valence-electron chi connectivity index (χ0n) is 15.9. The van der Waals surface area contributed by atoms with Gasteiger partial charge in [-0.25, -0.2) is 10.9 Å². The van der Waals surface area contributed by atoms with Crippen LogP contribution in [-0.4, -0.2) is 24.2 Å². The van der Waals surface area contributed by atoms with E-state index in [0.29, 0.717) is 37.5 Å². The molecule has 0 aromatic carbocycles. The molecule has 26 heavy (non-hydrogen) atoms. The Morgan fingerprint density at radius 3 is 1.46 bits per heavy atom. The minimum absolute atomic E-state index is 0.0761. The molecule has 0 unspecified atom stereocenters. The lowest BCUT2D eigenvalue weighted by Crippen LogP contribution is -2.20. The molecular formula is C20H34N4O2. The highest BCUT2D eigenvalue weighted by Crippen LogP contribution is 2.22. The number of carbonyl (C=O) groups excluding carboxylic acids is 2. The maximum absolute atomic E-state index is 11.7. The minimum atomic E-state index is -0.0761. The number of hydrazone groups is 2. The number of nitrogens with zero attached hydrogens (tertiary/aromatic N) is 2. The van der Waals surface area contributed by atoms with Gasteiger partial charge in [-0.3, -0.25) is 9.59 Å². The minimum Gasteiger partial charge on any atom is -0.273 e. The first-order valence-electron chi connectivity index (χ1n) is 10.4. The summed E-state index contributed by atoms with van der Waals surface area (Å²) >= 11 is 0. The topological polar surface area (TPSA) is 82.9 Å². The van der Waals surface area contributed by atoms with Crippen molar-refractivity contribution in [3.8, 4) is 0 Å². The Labute approximate surface area is 157 Å². The Morgan fingerprint density at radius 2 is 1.08 bits per heavy atom. The fourth-order valence-corrected chi connectivity index (χ4v) is 3.68. The third-order valence-corrected chi connectivity index (χ3v) is 5.31. The maximum atomic E-state index is 11.7. The summed E-state index contributed by atoms with van der Waals surface area (Å²) in [6, 6.07) is 0. The normalized spacial score (nSPS) is 19.8. The van der Waals surface area contributed by atoms with Gasteiger partial charge in [0.1, 0.15) is 0 Å². The molecule has 6 nitrogen and oxygen atoms in total. The quantitative estimate of drug-likeness (QED) is 0.370. The third-order valence-electron chi connectivity index (χ3n) is 5.31. The lowest BCUT2D eigenvalue weighted by Gasteiger charge is -2.16. The van der Waals surface area contributed by atoms with E-state index in [2.05, 4.69) is 21.1 Å². The van der Waals surface area contributed by atoms with E-state index in [4.69, 9.17) is 0 Å². The second kappa shape index (κ2) is 12.6. The smallest absolute Gasteiger partial charge is 0.240 e. The van der Waals surface area contributed by atoms with Crippen molar-refractivity contribution in [1.29, 1.82) is 0 Å². The molecule has 0 spiro atoms. The monoisotopic (exact) mass is 362 g/mol. The second-order valence-electron chi connectivity index (χ2n) is 7.63. The molecule has 2 fully saturated rings. The molecule has 2 aliphatic carbocycles. The highest BCUT2D eigenvalue weighted by atomic mass is 16.2. The summed E-state index contributed by atoms with van der Waals surface area (Å²) in [5.41, 5.74) is 5.19. The summed E-state index contributed by atoms with van der Waals surface area (Å²) in [7, 11) is 0. The molecule has 0 aromatic heterocycles. The van der Waals surface area contributed by atoms with Gasteiger partial charge in [0.15, 0.2) is 0 Å². The van der Waals surface area contributed by atoms with Gasteiger partial charge in [0.05, 0.1) is 0 Å². The summed E-state index contributed by atoms with van der Waals surface area (Å²) in [6.07, 6.45) is 18.3. The largest absolute Gasteiger partial charge is 0.273 e. The summed E-state index contributed by atoms with van der Waals surface area (Å²) in [5.74, 6) is 0.879. The van der Waals surface area contributed by atoms with Crippen LogP contribution in [0.4, 0.5) is 0 Å². The highest BCUT2D eigenvalue weighted by molar-refractivity contribution is 5.78. The number of amides is 2. The van der Waals surface area contributed by atoms with Crippen molar-refractivity contribution in [2.75, 3.05) is 0 Å². The van der Waals surface area contributed by atoms with Gasteiger partial charge < -0.3 is 0 Å². The number of unbranched alkanes of at least 4 members (excludes halogenated alkanes) is 1. The second-order valence-corrected chi connectivity index (χ2v) is 7.63. The van der Waals surface area contributed by atoms with Gasteiger partial charge >= 0.3 is 0 Å². The van der Waals surface area contributed by atoms with Crippen LogP contribution in [0, 0.1) is 11.8 Å². The molecule has 2 saturated carbocycles. The molecular weight excluding hydrogens is 328 g/mol. The zero-order valence-corrected chi connectivity index (χ0v) is 15.9. The van der Waals surface area contributed by atoms with E-state index in [9.17, 15) is 9.59 Å². The van der Waals surface area contributed by atoms with Gasteiger partial charge in [0.25, 0.3) is 0 Å². The predicted octanol–water partition coefficient (Wildman–Crippen LogP) is 3.91. The Hall–Kier alpha value is -1.72. The highest BCUT2D eigenvalue weighted by Gasteiger charge is 2.11. The lowest BCUT2D eigenvalue weighted by atomic mass is 9.90. The molecule has 2 aliphatic rings. The standard InChI is InChI=1S/C20H34N4O2/c25-19(23-21-15-17-9-3-1-4-10-17)13-7-8-14-20(26)24-22-16-18-11-5-2-6-12-18/h15-18H,1-14H2,(H,23,25)(H,24,26)/b21-15-,22-16-. The van der Waals surface area contributed by atoms with Crippen LogP contribution in [0.5, 0.6) is 0 Å². The zero-order chi connectivity index (χ0) is 18.5. The van der Waals surface area contributed by atoms with Crippen molar-refractivity contribution in [2.24, 2.45) is 22.0 Å². The molecule has 0 aromatic rings. The molecule has 146 valence electrons. The first kappa shape index (κ1) is 20.6. The van der Waals surface area contributed by atoms with E-state index in [1.165, 1.54) is 64.2 Å². The molecule has 0 atom stereocenters. The van der Waals surface area contributed by atoms with Gasteiger partial charge in [0.2, 0.25) is 11.8 Å². The van der Waals surface area contributed by atoms with Gasteiger partial charge in [-0.05, 0) is 50.4 Å². The lowest BCUT2D eigenvalue weighted by molar-refractivity contribution is -0.123. The van der Waals surface area contributed by atoms with Crippen molar-refractivity contribution in [3.05, 3.63) is 0 Å². The van der Waals surface area contributed by atoms with Crippen molar-refractivity contribution in [2.45, 2.75) is 89.9 Å². The van der Waals surface area contributed by atoms with Crippen LogP contribution in [-0.2, 0) is 9.59 Å². The van der Waals surface area contributed by atoms with Gasteiger partial charge in [-0.1, -0.05) is 38.5 Å². The van der Waals surface area contributed by atoms with Gasteiger partial charge in [0, 0.05) is 25.3 Å². The van der Waals surface area contributed by atoms with Crippen LogP contribution < -0.4 is 10.9 Å². The average molecular weight is 363 g/mol. The molecule has 0 radical (unpaired) electrons. The maximum Gasteiger partial charge on any atom is 0.240 e. The molecule has 2 N–H and O–H groups in total. The van der Waals surface area contributed by atoms with Crippen LogP contribution in [0.25, 0.3) is 0 Å². The molecule has 0 heterocycles. The van der Waals surface area contributed by atoms with Crippen LogP contribution in [0.2, 0.25) is 0 Å². The summed E-state index contributed by atoms with van der Waals surface area (Å²) in [4.78, 5) is 23.5. The predicted molar refractivity (Wildman–Crippen MR) is 105 cm³/mol. The first-order valence-corrected chi connectivity index (χ1v) is 10.4. The van der Waals surface area contributed by atoms with Crippen LogP contribution in [0.1, 0.15) is 89.9 Å². The Kier molecular flexibility index (Phi) is 9.98. The van der Waals surface area contributed by atoms with E-state index in [-0.39, 0.29) is 11.8 Å². The van der Waals surface area contributed by atoms with E-state index >= 15 is 0 Å². The Morgan fingerprint density at radius 1 is 0.692 bits per heavy atom. The third kappa shape index (κ3) is 9.11. The number of carbonyl (C=O) groups is 2. The molecule has 0 bridgehead atoms. The van der Waals surface area contributed by atoms with Crippen molar-refractivity contribution in [3.63, 3.8) is 0 Å². The molecule has 2 amide bonds. The van der Waals surface area contributed by atoms with Crippen LogP contribution in [0.3, 0.4) is 0 Å². The first-order chi connectivity index (χ1) is 12.7. The van der Waals surface area contributed by atoms with E-state index < -0.39 is 0 Å². The van der Waals surface area contributed by atoms with Crippen molar-refractivity contribution < 1.29 is 9.59 Å². The van der Waals surface area contributed by atoms with E-state index in [1.807, 2.05) is 12.4 Å². The summed E-state index contributed by atoms with van der Waals surface area (Å²) in [5, 5.41) is 8.14. The molecule has 0 saturated heterocycles. The SMILES string of the molecule is O=C(CCCCC(=O)N/N=C\C1CCCCC1)N/N=C\C1CCCCC1. The van der Waals surface area contributed by atoms with E-state index in [0.717, 1.165) is 0 Å². The van der Waals surface area contributed by atoms with Crippen molar-refractivity contribution >= 4 is 24.2 Å². The number of hydrogen-bond donors (Lipinski definition) is 2. The number of nitrogens with one attached hydrogen (secondary N) is 2. The average Bonchev–Trinajstić information content (AvgIpc) is 2.67. The molecule has 2 rings (SSSR count). The van der Waals surface area contributed by atoms with E-state index in [1.54, 1.807) is 0 Å². The van der Waals surface area contributed by atoms with Crippen LogP contribution >= 0.6 is 0 Å². The molecule has 0 aliphatic heterocycles. The number of hydrogen-bond acceptors (Lipinski definition) is 4. The summed E-state index contributed by atoms with van der Waals surface area (Å²) in [6.45, 7) is 0. The van der Waals surface area contributed by atoms with Gasteiger partial charge in [-0.15, -0.1) is 0 Å². The summed E-state index contributed by atoms with van der Waals surface area (Å²) < 4.78 is 0. The Bertz CT molecular complexity index is 434. The van der Waals surface area contributed by atoms with Crippen molar-refractivity contribution in [1.82, 2.24) is 10.9 Å². The fraction of sp³-hybridized carbons (Fsp3) is 0.800.